The van der Waals surface area contributed by atoms with E-state index in [1.54, 1.807) is 7.11 Å². The zero-order valence-corrected chi connectivity index (χ0v) is 13.1. The van der Waals surface area contributed by atoms with Gasteiger partial charge in [-0.25, -0.2) is 0 Å². The smallest absolute Gasteiger partial charge is 0.119 e. The SMILES string of the molecule is COc1ccc2c(c1)C(O)(CC#N)C(Cc1ccccc1)C=C2. The van der Waals surface area contributed by atoms with Gasteiger partial charge < -0.3 is 9.84 Å². The molecule has 2 aromatic carbocycles. The Morgan fingerprint density at radius 2 is 2.00 bits per heavy atom. The topological polar surface area (TPSA) is 53.2 Å². The summed E-state index contributed by atoms with van der Waals surface area (Å²) in [6.45, 7) is 0. The predicted molar refractivity (Wildman–Crippen MR) is 89.8 cm³/mol. The fraction of sp³-hybridized carbons (Fsp3) is 0.250. The van der Waals surface area contributed by atoms with Gasteiger partial charge in [0.05, 0.1) is 19.6 Å². The number of aliphatic hydroxyl groups is 1. The minimum atomic E-state index is -1.21. The molecular weight excluding hydrogens is 286 g/mol. The van der Waals surface area contributed by atoms with E-state index in [1.807, 2.05) is 60.7 Å². The maximum atomic E-state index is 11.3. The van der Waals surface area contributed by atoms with Crippen molar-refractivity contribution in [3.63, 3.8) is 0 Å². The van der Waals surface area contributed by atoms with Crippen molar-refractivity contribution < 1.29 is 9.84 Å². The van der Waals surface area contributed by atoms with Gasteiger partial charge in [0.1, 0.15) is 11.4 Å². The Morgan fingerprint density at radius 3 is 2.70 bits per heavy atom. The van der Waals surface area contributed by atoms with Crippen molar-refractivity contribution >= 4 is 6.08 Å². The number of nitriles is 1. The van der Waals surface area contributed by atoms with E-state index in [-0.39, 0.29) is 12.3 Å². The molecule has 23 heavy (non-hydrogen) atoms. The molecule has 0 aromatic heterocycles. The van der Waals surface area contributed by atoms with Crippen molar-refractivity contribution in [3.8, 4) is 11.8 Å². The molecule has 2 unspecified atom stereocenters. The zero-order valence-electron chi connectivity index (χ0n) is 13.1. The lowest BCUT2D eigenvalue weighted by Gasteiger charge is -2.37. The van der Waals surface area contributed by atoms with Crippen LogP contribution in [0.25, 0.3) is 6.08 Å². The lowest BCUT2D eigenvalue weighted by Crippen LogP contribution is -2.37. The number of hydrogen-bond acceptors (Lipinski definition) is 3. The fourth-order valence-electron chi connectivity index (χ4n) is 3.21. The highest BCUT2D eigenvalue weighted by Crippen LogP contribution is 2.43. The van der Waals surface area contributed by atoms with E-state index in [0.717, 1.165) is 16.7 Å². The van der Waals surface area contributed by atoms with Crippen LogP contribution in [0.3, 0.4) is 0 Å². The molecule has 1 aliphatic rings. The fourth-order valence-corrected chi connectivity index (χ4v) is 3.21. The average Bonchev–Trinajstić information content (AvgIpc) is 2.58. The quantitative estimate of drug-likeness (QED) is 0.937. The second-order valence-corrected chi connectivity index (χ2v) is 5.87. The molecule has 0 saturated carbocycles. The van der Waals surface area contributed by atoms with Crippen molar-refractivity contribution in [3.05, 3.63) is 71.3 Å². The van der Waals surface area contributed by atoms with E-state index in [4.69, 9.17) is 4.74 Å². The van der Waals surface area contributed by atoms with Gasteiger partial charge in [-0.05, 0) is 35.2 Å². The summed E-state index contributed by atoms with van der Waals surface area (Å²) in [6.07, 6.45) is 4.77. The molecule has 3 nitrogen and oxygen atoms in total. The monoisotopic (exact) mass is 305 g/mol. The van der Waals surface area contributed by atoms with E-state index in [9.17, 15) is 10.4 Å². The molecule has 0 radical (unpaired) electrons. The van der Waals surface area contributed by atoms with Gasteiger partial charge in [-0.3, -0.25) is 0 Å². The van der Waals surface area contributed by atoms with Crippen LogP contribution in [0.5, 0.6) is 5.75 Å². The minimum absolute atomic E-state index is 0.0506. The molecule has 0 heterocycles. The molecule has 0 bridgehead atoms. The van der Waals surface area contributed by atoms with Crippen LogP contribution < -0.4 is 4.74 Å². The lowest BCUT2D eigenvalue weighted by atomic mass is 9.71. The molecule has 0 saturated heterocycles. The zero-order chi connectivity index (χ0) is 16.3. The van der Waals surface area contributed by atoms with Gasteiger partial charge >= 0.3 is 0 Å². The minimum Gasteiger partial charge on any atom is -0.497 e. The number of methoxy groups -OCH3 is 1. The number of hydrogen-bond donors (Lipinski definition) is 1. The largest absolute Gasteiger partial charge is 0.497 e. The second-order valence-electron chi connectivity index (χ2n) is 5.87. The third-order valence-electron chi connectivity index (χ3n) is 4.50. The highest BCUT2D eigenvalue weighted by Gasteiger charge is 2.40. The van der Waals surface area contributed by atoms with Gasteiger partial charge in [0.25, 0.3) is 0 Å². The van der Waals surface area contributed by atoms with Crippen LogP contribution in [0.2, 0.25) is 0 Å². The van der Waals surface area contributed by atoms with Crippen LogP contribution in [0.1, 0.15) is 23.1 Å². The Kier molecular flexibility index (Phi) is 4.18. The molecule has 0 fully saturated rings. The van der Waals surface area contributed by atoms with Crippen LogP contribution in [0, 0.1) is 17.2 Å². The van der Waals surface area contributed by atoms with Gasteiger partial charge in [-0.1, -0.05) is 48.6 Å². The van der Waals surface area contributed by atoms with Gasteiger partial charge in [0, 0.05) is 5.92 Å². The molecule has 0 aliphatic heterocycles. The van der Waals surface area contributed by atoms with E-state index in [1.165, 1.54) is 0 Å². The highest BCUT2D eigenvalue weighted by atomic mass is 16.5. The Hall–Kier alpha value is -2.57. The Morgan fingerprint density at radius 1 is 1.22 bits per heavy atom. The second kappa shape index (κ2) is 6.28. The first kappa shape index (κ1) is 15.3. The predicted octanol–water partition coefficient (Wildman–Crippen LogP) is 3.68. The van der Waals surface area contributed by atoms with Crippen LogP contribution >= 0.6 is 0 Å². The van der Waals surface area contributed by atoms with Crippen molar-refractivity contribution in [1.29, 1.82) is 5.26 Å². The lowest BCUT2D eigenvalue weighted by molar-refractivity contribution is -0.00290. The van der Waals surface area contributed by atoms with Crippen LogP contribution in [0.15, 0.2) is 54.6 Å². The maximum Gasteiger partial charge on any atom is 0.119 e. The number of benzene rings is 2. The first-order valence-corrected chi connectivity index (χ1v) is 7.67. The van der Waals surface area contributed by atoms with Crippen molar-refractivity contribution in [2.75, 3.05) is 7.11 Å². The van der Waals surface area contributed by atoms with Crippen molar-refractivity contribution in [1.82, 2.24) is 0 Å². The Labute approximate surface area is 136 Å². The van der Waals surface area contributed by atoms with Crippen LogP contribution in [0.4, 0.5) is 0 Å². The van der Waals surface area contributed by atoms with E-state index >= 15 is 0 Å². The molecule has 1 aliphatic carbocycles. The highest BCUT2D eigenvalue weighted by molar-refractivity contribution is 5.61. The Bertz CT molecular complexity index is 761. The molecular formula is C20H19NO2. The van der Waals surface area contributed by atoms with E-state index in [0.29, 0.717) is 12.2 Å². The summed E-state index contributed by atoms with van der Waals surface area (Å²) in [5.74, 6) is 0.540. The summed E-state index contributed by atoms with van der Waals surface area (Å²) in [4.78, 5) is 0. The average molecular weight is 305 g/mol. The number of fused-ring (bicyclic) bond motifs is 1. The number of nitrogens with zero attached hydrogens (tertiary/aromatic N) is 1. The summed E-state index contributed by atoms with van der Waals surface area (Å²) in [5, 5.41) is 20.6. The molecule has 3 heteroatoms. The molecule has 3 rings (SSSR count). The normalized spacial score (nSPS) is 22.2. The summed E-state index contributed by atoms with van der Waals surface area (Å²) < 4.78 is 5.29. The maximum absolute atomic E-state index is 11.3. The summed E-state index contributed by atoms with van der Waals surface area (Å²) in [6, 6.07) is 17.8. The molecule has 2 atom stereocenters. The van der Waals surface area contributed by atoms with Gasteiger partial charge in [-0.15, -0.1) is 0 Å². The molecule has 116 valence electrons. The first-order chi connectivity index (χ1) is 11.2. The molecule has 1 N–H and O–H groups in total. The van der Waals surface area contributed by atoms with Gasteiger partial charge in [-0.2, -0.15) is 5.26 Å². The first-order valence-electron chi connectivity index (χ1n) is 7.67. The number of rotatable bonds is 4. The third-order valence-corrected chi connectivity index (χ3v) is 4.50. The van der Waals surface area contributed by atoms with Crippen LogP contribution in [-0.2, 0) is 12.0 Å². The van der Waals surface area contributed by atoms with Crippen molar-refractivity contribution in [2.24, 2.45) is 5.92 Å². The summed E-state index contributed by atoms with van der Waals surface area (Å²) in [5.41, 5.74) is 1.64. The van der Waals surface area contributed by atoms with Crippen LogP contribution in [-0.4, -0.2) is 12.2 Å². The van der Waals surface area contributed by atoms with Crippen molar-refractivity contribution in [2.45, 2.75) is 18.4 Å². The standard InChI is InChI=1S/C20H19NO2/c1-23-18-10-8-16-7-9-17(13-15-5-3-2-4-6-15)20(22,11-12-21)19(16)14-18/h2-10,14,17,22H,11,13H2,1H3. The molecule has 0 spiro atoms. The third kappa shape index (κ3) is 2.86. The van der Waals surface area contributed by atoms with E-state index in [2.05, 4.69) is 6.07 Å². The van der Waals surface area contributed by atoms with Gasteiger partial charge in [0.15, 0.2) is 0 Å². The molecule has 0 amide bonds. The van der Waals surface area contributed by atoms with E-state index < -0.39 is 5.60 Å². The summed E-state index contributed by atoms with van der Waals surface area (Å²) >= 11 is 0. The summed E-state index contributed by atoms with van der Waals surface area (Å²) in [7, 11) is 1.60. The van der Waals surface area contributed by atoms with Gasteiger partial charge in [0.2, 0.25) is 0 Å². The molecule has 2 aromatic rings. The number of ether oxygens (including phenoxy) is 1. The Balaban J connectivity index is 2.03.